The molecule has 0 spiro atoms. The van der Waals surface area contributed by atoms with Crippen molar-refractivity contribution in [3.8, 4) is 0 Å². The SMILES string of the molecule is Nc1n[nH]c(C2CCN(C(=O)CCc3cc4ccccc4[nH]c3=O)CC2)n1. The molecule has 0 unspecified atom stereocenters. The minimum atomic E-state index is -0.122. The van der Waals surface area contributed by atoms with Gasteiger partial charge in [0, 0.05) is 36.5 Å². The summed E-state index contributed by atoms with van der Waals surface area (Å²) in [5.41, 5.74) is 6.89. The van der Waals surface area contributed by atoms with Crippen LogP contribution in [-0.4, -0.2) is 44.1 Å². The van der Waals surface area contributed by atoms with Crippen molar-refractivity contribution in [2.75, 3.05) is 18.8 Å². The van der Waals surface area contributed by atoms with Gasteiger partial charge in [-0.3, -0.25) is 14.7 Å². The molecule has 2 aromatic heterocycles. The molecule has 4 rings (SSSR count). The Labute approximate surface area is 155 Å². The zero-order valence-corrected chi connectivity index (χ0v) is 14.9. The third kappa shape index (κ3) is 3.69. The van der Waals surface area contributed by atoms with E-state index in [1.165, 1.54) is 0 Å². The Morgan fingerprint density at radius 3 is 2.78 bits per heavy atom. The van der Waals surface area contributed by atoms with Gasteiger partial charge in [-0.25, -0.2) is 0 Å². The number of nitrogens with two attached hydrogens (primary N) is 1. The zero-order chi connectivity index (χ0) is 18.8. The lowest BCUT2D eigenvalue weighted by Crippen LogP contribution is -2.38. The number of pyridine rings is 1. The molecule has 3 heterocycles. The minimum absolute atomic E-state index is 0.0816. The number of hydrogen-bond donors (Lipinski definition) is 3. The van der Waals surface area contributed by atoms with Crippen molar-refractivity contribution in [1.82, 2.24) is 25.1 Å². The van der Waals surface area contributed by atoms with Crippen LogP contribution < -0.4 is 11.3 Å². The molecule has 0 aliphatic carbocycles. The highest BCUT2D eigenvalue weighted by atomic mass is 16.2. The number of aromatic amines is 2. The van der Waals surface area contributed by atoms with E-state index in [0.717, 1.165) is 29.6 Å². The van der Waals surface area contributed by atoms with E-state index in [-0.39, 0.29) is 23.3 Å². The molecule has 1 fully saturated rings. The molecule has 1 aliphatic heterocycles. The molecule has 3 aromatic rings. The summed E-state index contributed by atoms with van der Waals surface area (Å²) in [6.07, 6.45) is 2.44. The predicted molar refractivity (Wildman–Crippen MR) is 102 cm³/mol. The van der Waals surface area contributed by atoms with Crippen LogP contribution in [0.3, 0.4) is 0 Å². The molecule has 27 heavy (non-hydrogen) atoms. The number of nitrogens with zero attached hydrogens (tertiary/aromatic N) is 3. The molecular formula is C19H22N6O2. The summed E-state index contributed by atoms with van der Waals surface area (Å²) in [7, 11) is 0. The van der Waals surface area contributed by atoms with Gasteiger partial charge < -0.3 is 15.6 Å². The van der Waals surface area contributed by atoms with Gasteiger partial charge in [0.05, 0.1) is 0 Å². The second-order valence-electron chi connectivity index (χ2n) is 6.94. The van der Waals surface area contributed by atoms with Crippen LogP contribution in [-0.2, 0) is 11.2 Å². The summed E-state index contributed by atoms with van der Waals surface area (Å²) < 4.78 is 0. The number of fused-ring (bicyclic) bond motifs is 1. The number of carbonyl (C=O) groups excluding carboxylic acids is 1. The lowest BCUT2D eigenvalue weighted by Gasteiger charge is -2.31. The maximum absolute atomic E-state index is 12.6. The van der Waals surface area contributed by atoms with E-state index in [9.17, 15) is 9.59 Å². The van der Waals surface area contributed by atoms with Gasteiger partial charge in [0.25, 0.3) is 5.56 Å². The first-order valence-corrected chi connectivity index (χ1v) is 9.16. The third-order valence-corrected chi connectivity index (χ3v) is 5.19. The average Bonchev–Trinajstić information content (AvgIpc) is 3.12. The van der Waals surface area contributed by atoms with E-state index in [0.29, 0.717) is 31.5 Å². The van der Waals surface area contributed by atoms with E-state index in [1.807, 2.05) is 35.2 Å². The molecule has 0 radical (unpaired) electrons. The van der Waals surface area contributed by atoms with Crippen LogP contribution in [0, 0.1) is 0 Å². The van der Waals surface area contributed by atoms with Crippen LogP contribution in [0.4, 0.5) is 5.95 Å². The molecule has 1 aromatic carbocycles. The van der Waals surface area contributed by atoms with Crippen LogP contribution >= 0.6 is 0 Å². The van der Waals surface area contributed by atoms with E-state index < -0.39 is 0 Å². The lowest BCUT2D eigenvalue weighted by atomic mass is 9.96. The Balaban J connectivity index is 1.35. The Morgan fingerprint density at radius 2 is 2.04 bits per heavy atom. The highest BCUT2D eigenvalue weighted by Gasteiger charge is 2.25. The number of aromatic nitrogens is 4. The molecule has 0 atom stereocenters. The van der Waals surface area contributed by atoms with Gasteiger partial charge in [-0.2, -0.15) is 4.98 Å². The quantitative estimate of drug-likeness (QED) is 0.647. The number of piperidine rings is 1. The molecule has 4 N–H and O–H groups in total. The van der Waals surface area contributed by atoms with Gasteiger partial charge in [0.15, 0.2) is 0 Å². The van der Waals surface area contributed by atoms with Crippen LogP contribution in [0.5, 0.6) is 0 Å². The monoisotopic (exact) mass is 366 g/mol. The smallest absolute Gasteiger partial charge is 0.251 e. The Kier molecular flexibility index (Phi) is 4.62. The van der Waals surface area contributed by atoms with Crippen LogP contribution in [0.2, 0.25) is 0 Å². The Morgan fingerprint density at radius 1 is 1.26 bits per heavy atom. The normalized spacial score (nSPS) is 15.3. The number of hydrogen-bond acceptors (Lipinski definition) is 5. The summed E-state index contributed by atoms with van der Waals surface area (Å²) in [5.74, 6) is 1.38. The van der Waals surface area contributed by atoms with E-state index in [4.69, 9.17) is 5.73 Å². The number of benzene rings is 1. The predicted octanol–water partition coefficient (Wildman–Crippen LogP) is 1.57. The minimum Gasteiger partial charge on any atom is -0.367 e. The maximum Gasteiger partial charge on any atom is 0.251 e. The number of H-pyrrole nitrogens is 2. The number of likely N-dealkylation sites (tertiary alicyclic amines) is 1. The third-order valence-electron chi connectivity index (χ3n) is 5.19. The summed E-state index contributed by atoms with van der Waals surface area (Å²) >= 11 is 0. The van der Waals surface area contributed by atoms with Gasteiger partial charge in [-0.15, -0.1) is 5.10 Å². The molecule has 8 nitrogen and oxygen atoms in total. The number of carbonyl (C=O) groups is 1. The van der Waals surface area contributed by atoms with Gasteiger partial charge in [0.1, 0.15) is 5.82 Å². The molecule has 1 saturated heterocycles. The number of rotatable bonds is 4. The van der Waals surface area contributed by atoms with Crippen LogP contribution in [0.15, 0.2) is 35.1 Å². The second kappa shape index (κ2) is 7.22. The molecule has 1 amide bonds. The van der Waals surface area contributed by atoms with Crippen molar-refractivity contribution in [2.24, 2.45) is 0 Å². The number of nitrogen functional groups attached to an aromatic ring is 1. The van der Waals surface area contributed by atoms with Gasteiger partial charge in [0.2, 0.25) is 11.9 Å². The number of nitrogens with one attached hydrogen (secondary N) is 2. The maximum atomic E-state index is 12.6. The first-order chi connectivity index (χ1) is 13.1. The fourth-order valence-electron chi connectivity index (χ4n) is 3.65. The molecule has 0 bridgehead atoms. The summed E-state index contributed by atoms with van der Waals surface area (Å²) in [4.78, 5) is 33.7. The van der Waals surface area contributed by atoms with Crippen LogP contribution in [0.1, 0.15) is 36.6 Å². The number of anilines is 1. The Bertz CT molecular complexity index is 1020. The number of aryl methyl sites for hydroxylation is 1. The number of amides is 1. The van der Waals surface area contributed by atoms with Crippen molar-refractivity contribution >= 4 is 22.8 Å². The van der Waals surface area contributed by atoms with Crippen molar-refractivity contribution in [3.05, 3.63) is 52.1 Å². The van der Waals surface area contributed by atoms with E-state index in [2.05, 4.69) is 20.2 Å². The second-order valence-corrected chi connectivity index (χ2v) is 6.94. The molecule has 140 valence electrons. The molecule has 0 saturated carbocycles. The highest BCUT2D eigenvalue weighted by Crippen LogP contribution is 2.26. The number of para-hydroxylation sites is 1. The van der Waals surface area contributed by atoms with Crippen molar-refractivity contribution in [2.45, 2.75) is 31.6 Å². The van der Waals surface area contributed by atoms with E-state index in [1.54, 1.807) is 0 Å². The first-order valence-electron chi connectivity index (χ1n) is 9.16. The van der Waals surface area contributed by atoms with Crippen molar-refractivity contribution in [3.63, 3.8) is 0 Å². The molecule has 1 aliphatic rings. The topological polar surface area (TPSA) is 121 Å². The standard InChI is InChI=1S/C19H22N6O2/c20-19-22-17(23-24-19)12-7-9-25(10-8-12)16(26)6-5-14-11-13-3-1-2-4-15(13)21-18(14)27/h1-4,11-12H,5-10H2,(H,21,27)(H3,20,22,23,24). The fraction of sp³-hybridized carbons (Fsp3) is 0.368. The highest BCUT2D eigenvalue weighted by molar-refractivity contribution is 5.79. The van der Waals surface area contributed by atoms with Crippen LogP contribution in [0.25, 0.3) is 10.9 Å². The van der Waals surface area contributed by atoms with Crippen molar-refractivity contribution < 1.29 is 4.79 Å². The fourth-order valence-corrected chi connectivity index (χ4v) is 3.65. The molecule has 8 heteroatoms. The first kappa shape index (κ1) is 17.3. The van der Waals surface area contributed by atoms with Gasteiger partial charge in [-0.1, -0.05) is 18.2 Å². The van der Waals surface area contributed by atoms with Gasteiger partial charge in [-0.05, 0) is 36.8 Å². The average molecular weight is 366 g/mol. The zero-order valence-electron chi connectivity index (χ0n) is 14.9. The molecular weight excluding hydrogens is 344 g/mol. The van der Waals surface area contributed by atoms with Crippen molar-refractivity contribution in [1.29, 1.82) is 0 Å². The van der Waals surface area contributed by atoms with E-state index >= 15 is 0 Å². The summed E-state index contributed by atoms with van der Waals surface area (Å²) in [6, 6.07) is 9.53. The lowest BCUT2D eigenvalue weighted by molar-refractivity contribution is -0.132. The Hall–Kier alpha value is -3.16. The van der Waals surface area contributed by atoms with Gasteiger partial charge >= 0.3 is 0 Å². The summed E-state index contributed by atoms with van der Waals surface area (Å²) in [5, 5.41) is 7.70. The summed E-state index contributed by atoms with van der Waals surface area (Å²) in [6.45, 7) is 1.36. The largest absolute Gasteiger partial charge is 0.367 e.